The van der Waals surface area contributed by atoms with E-state index in [4.69, 9.17) is 9.47 Å². The molecule has 118 valence electrons. The van der Waals surface area contributed by atoms with E-state index < -0.39 is 0 Å². The highest BCUT2D eigenvalue weighted by atomic mass is 16.5. The smallest absolute Gasteiger partial charge is 0.338 e. The zero-order valence-corrected chi connectivity index (χ0v) is 13.3. The molecule has 1 aliphatic rings. The summed E-state index contributed by atoms with van der Waals surface area (Å²) in [6.07, 6.45) is 3.45. The van der Waals surface area contributed by atoms with Gasteiger partial charge in [0.2, 0.25) is 0 Å². The van der Waals surface area contributed by atoms with E-state index in [1.54, 1.807) is 12.3 Å². The molecule has 0 radical (unpaired) electrons. The minimum absolute atomic E-state index is 0.0317. The van der Waals surface area contributed by atoms with Crippen LogP contribution < -0.4 is 4.90 Å². The summed E-state index contributed by atoms with van der Waals surface area (Å²) in [5, 5.41) is 0. The first kappa shape index (κ1) is 16.0. The number of aromatic nitrogens is 1. The Kier molecular flexibility index (Phi) is 4.80. The molecule has 0 aromatic carbocycles. The molecule has 0 spiro atoms. The Morgan fingerprint density at radius 3 is 2.55 bits per heavy atom. The molecule has 0 aliphatic carbocycles. The van der Waals surface area contributed by atoms with Crippen molar-refractivity contribution in [3.63, 3.8) is 0 Å². The molecular weight excluding hydrogens is 284 g/mol. The zero-order chi connectivity index (χ0) is 16.3. The number of pyridine rings is 1. The molecule has 0 fully saturated rings. The van der Waals surface area contributed by atoms with Crippen molar-refractivity contribution < 1.29 is 19.1 Å². The largest absolute Gasteiger partial charge is 0.466 e. The van der Waals surface area contributed by atoms with Crippen LogP contribution in [0.4, 0.5) is 5.82 Å². The predicted octanol–water partition coefficient (Wildman–Crippen LogP) is 1.73. The molecule has 1 aliphatic heterocycles. The summed E-state index contributed by atoms with van der Waals surface area (Å²) in [5.41, 5.74) is 1.96. The topological polar surface area (TPSA) is 68.7 Å². The third-order valence-electron chi connectivity index (χ3n) is 3.86. The fourth-order valence-corrected chi connectivity index (χ4v) is 2.66. The maximum absolute atomic E-state index is 11.8. The fraction of sp³-hybridized carbons (Fsp3) is 0.438. The van der Waals surface area contributed by atoms with Gasteiger partial charge in [-0.3, -0.25) is 0 Å². The lowest BCUT2D eigenvalue weighted by molar-refractivity contribution is -0.136. The van der Waals surface area contributed by atoms with Gasteiger partial charge in [-0.15, -0.1) is 0 Å². The van der Waals surface area contributed by atoms with E-state index in [0.29, 0.717) is 24.2 Å². The summed E-state index contributed by atoms with van der Waals surface area (Å²) in [6, 6.07) is 1.65. The van der Waals surface area contributed by atoms with Gasteiger partial charge in [0.15, 0.2) is 0 Å². The lowest BCUT2D eigenvalue weighted by Crippen LogP contribution is -2.37. The summed E-state index contributed by atoms with van der Waals surface area (Å²) in [5.74, 6) is 0.0937. The van der Waals surface area contributed by atoms with E-state index in [1.807, 2.05) is 24.8 Å². The maximum Gasteiger partial charge on any atom is 0.338 e. The second-order valence-electron chi connectivity index (χ2n) is 5.26. The van der Waals surface area contributed by atoms with Gasteiger partial charge in [-0.1, -0.05) is 13.0 Å². The van der Waals surface area contributed by atoms with Crippen molar-refractivity contribution in [3.05, 3.63) is 35.0 Å². The summed E-state index contributed by atoms with van der Waals surface area (Å²) in [7, 11) is 2.74. The summed E-state index contributed by atoms with van der Waals surface area (Å²) in [4.78, 5) is 29.9. The van der Waals surface area contributed by atoms with Crippen LogP contribution in [0, 0.1) is 12.8 Å². The zero-order valence-electron chi connectivity index (χ0n) is 13.3. The van der Waals surface area contributed by atoms with E-state index in [2.05, 4.69) is 4.98 Å². The van der Waals surface area contributed by atoms with Crippen LogP contribution in [0.15, 0.2) is 23.9 Å². The van der Waals surface area contributed by atoms with Crippen LogP contribution in [0.1, 0.15) is 22.8 Å². The van der Waals surface area contributed by atoms with Crippen LogP contribution in [-0.4, -0.2) is 44.2 Å². The molecular formula is C16H20N2O4. The normalized spacial score (nSPS) is 17.7. The van der Waals surface area contributed by atoms with Gasteiger partial charge >= 0.3 is 11.9 Å². The highest BCUT2D eigenvalue weighted by molar-refractivity contribution is 5.92. The molecule has 0 saturated heterocycles. The molecule has 1 atom stereocenters. The van der Waals surface area contributed by atoms with Gasteiger partial charge in [0.1, 0.15) is 5.82 Å². The van der Waals surface area contributed by atoms with Crippen molar-refractivity contribution in [3.8, 4) is 0 Å². The molecule has 0 bridgehead atoms. The van der Waals surface area contributed by atoms with Gasteiger partial charge in [-0.25, -0.2) is 14.6 Å². The van der Waals surface area contributed by atoms with E-state index in [-0.39, 0.29) is 17.9 Å². The van der Waals surface area contributed by atoms with E-state index >= 15 is 0 Å². The van der Waals surface area contributed by atoms with Gasteiger partial charge in [-0.2, -0.15) is 0 Å². The number of methoxy groups -OCH3 is 2. The van der Waals surface area contributed by atoms with Crippen molar-refractivity contribution >= 4 is 17.8 Å². The number of ether oxygens (including phenoxy) is 2. The highest BCUT2D eigenvalue weighted by Gasteiger charge is 2.26. The number of carbonyl (C=O) groups excluding carboxylic acids is 2. The number of rotatable bonds is 3. The highest BCUT2D eigenvalue weighted by Crippen LogP contribution is 2.26. The van der Waals surface area contributed by atoms with Gasteiger partial charge in [0, 0.05) is 36.3 Å². The Labute approximate surface area is 129 Å². The Balaban J connectivity index is 2.30. The number of hydrogen-bond donors (Lipinski definition) is 0. The first-order valence-corrected chi connectivity index (χ1v) is 7.06. The average molecular weight is 304 g/mol. The Morgan fingerprint density at radius 1 is 1.27 bits per heavy atom. The molecule has 0 amide bonds. The van der Waals surface area contributed by atoms with Gasteiger partial charge in [0.25, 0.3) is 0 Å². The number of esters is 2. The Morgan fingerprint density at radius 2 is 1.95 bits per heavy atom. The minimum atomic E-state index is -0.378. The Hall–Kier alpha value is -2.37. The predicted molar refractivity (Wildman–Crippen MR) is 81.8 cm³/mol. The van der Waals surface area contributed by atoms with Crippen molar-refractivity contribution in [2.24, 2.45) is 5.92 Å². The first-order valence-electron chi connectivity index (χ1n) is 7.06. The van der Waals surface area contributed by atoms with Gasteiger partial charge in [-0.05, 0) is 13.0 Å². The van der Waals surface area contributed by atoms with Crippen molar-refractivity contribution in [1.82, 2.24) is 4.98 Å². The van der Waals surface area contributed by atoms with Crippen LogP contribution in [-0.2, 0) is 14.3 Å². The second-order valence-corrected chi connectivity index (χ2v) is 5.26. The molecule has 0 saturated carbocycles. The molecule has 1 aromatic heterocycles. The van der Waals surface area contributed by atoms with Crippen LogP contribution in [0.25, 0.3) is 0 Å². The van der Waals surface area contributed by atoms with Crippen molar-refractivity contribution in [2.45, 2.75) is 13.8 Å². The fourth-order valence-electron chi connectivity index (χ4n) is 2.66. The monoisotopic (exact) mass is 304 g/mol. The molecule has 6 nitrogen and oxygen atoms in total. The summed E-state index contributed by atoms with van der Waals surface area (Å²) < 4.78 is 9.57. The number of nitrogens with zero attached hydrogens (tertiary/aromatic N) is 2. The molecule has 2 rings (SSSR count). The van der Waals surface area contributed by atoms with Crippen LogP contribution in [0.5, 0.6) is 0 Å². The SMILES string of the molecule is COC(=O)C1=CCN(c2nccc(C(=O)OC)c2C)CC1C. The third-order valence-corrected chi connectivity index (χ3v) is 3.86. The van der Waals surface area contributed by atoms with Crippen LogP contribution in [0.2, 0.25) is 0 Å². The third kappa shape index (κ3) is 2.95. The average Bonchev–Trinajstić information content (AvgIpc) is 2.53. The molecule has 6 heteroatoms. The van der Waals surface area contributed by atoms with Crippen molar-refractivity contribution in [2.75, 3.05) is 32.2 Å². The Bertz CT molecular complexity index is 625. The first-order chi connectivity index (χ1) is 10.5. The van der Waals surface area contributed by atoms with Crippen LogP contribution in [0.3, 0.4) is 0 Å². The van der Waals surface area contributed by atoms with Crippen molar-refractivity contribution in [1.29, 1.82) is 0 Å². The molecule has 0 N–H and O–H groups in total. The summed E-state index contributed by atoms with van der Waals surface area (Å²) in [6.45, 7) is 5.00. The second kappa shape index (κ2) is 6.60. The lowest BCUT2D eigenvalue weighted by atomic mass is 9.96. The van der Waals surface area contributed by atoms with Gasteiger partial charge < -0.3 is 14.4 Å². The molecule has 1 aromatic rings. The van der Waals surface area contributed by atoms with Crippen LogP contribution >= 0.6 is 0 Å². The van der Waals surface area contributed by atoms with Gasteiger partial charge in [0.05, 0.1) is 19.8 Å². The standard InChI is InChI=1S/C16H20N2O4/c1-10-9-18(8-6-12(10)15(19)21-3)14-11(2)13(5-7-17-14)16(20)22-4/h5-7,10H,8-9H2,1-4H3. The minimum Gasteiger partial charge on any atom is -0.466 e. The quantitative estimate of drug-likeness (QED) is 0.792. The van der Waals surface area contributed by atoms with E-state index in [1.165, 1.54) is 14.2 Å². The van der Waals surface area contributed by atoms with E-state index in [0.717, 1.165) is 11.4 Å². The number of carbonyl (C=O) groups is 2. The molecule has 22 heavy (non-hydrogen) atoms. The summed E-state index contributed by atoms with van der Waals surface area (Å²) >= 11 is 0. The molecule has 2 heterocycles. The molecule has 1 unspecified atom stereocenters. The lowest BCUT2D eigenvalue weighted by Gasteiger charge is -2.32. The van der Waals surface area contributed by atoms with E-state index in [9.17, 15) is 9.59 Å². The number of anilines is 1. The number of hydrogen-bond acceptors (Lipinski definition) is 6. The maximum atomic E-state index is 11.8.